The summed E-state index contributed by atoms with van der Waals surface area (Å²) >= 11 is 1.75. The summed E-state index contributed by atoms with van der Waals surface area (Å²) < 4.78 is 14.8. The van der Waals surface area contributed by atoms with E-state index in [2.05, 4.69) is 32.7 Å². The maximum Gasteiger partial charge on any atom is 0.190 e. The van der Waals surface area contributed by atoms with Gasteiger partial charge in [-0.15, -0.1) is 11.3 Å². The van der Waals surface area contributed by atoms with Crippen LogP contribution >= 0.6 is 11.3 Å². The molecule has 2 N–H and O–H groups in total. The summed E-state index contributed by atoms with van der Waals surface area (Å²) in [4.78, 5) is 8.86. The van der Waals surface area contributed by atoms with Crippen molar-refractivity contribution < 1.29 is 4.39 Å². The van der Waals surface area contributed by atoms with Crippen LogP contribution in [0.4, 0.5) is 4.39 Å². The number of guanidine groups is 1. The lowest BCUT2D eigenvalue weighted by molar-refractivity contribution is 0.606. The van der Waals surface area contributed by atoms with E-state index in [1.807, 2.05) is 24.3 Å². The number of aliphatic imine (C=N–C) groups is 1. The molecule has 0 spiro atoms. The largest absolute Gasteiger partial charge is 0.356 e. The van der Waals surface area contributed by atoms with Crippen molar-refractivity contribution >= 4 is 27.5 Å². The zero-order valence-corrected chi connectivity index (χ0v) is 15.7. The van der Waals surface area contributed by atoms with Crippen molar-refractivity contribution in [3.8, 4) is 0 Å². The second kappa shape index (κ2) is 9.29. The predicted molar refractivity (Wildman–Crippen MR) is 107 cm³/mol. The number of nitrogens with zero attached hydrogens (tertiary/aromatic N) is 2. The van der Waals surface area contributed by atoms with Crippen LogP contribution in [0.25, 0.3) is 10.2 Å². The number of benzene rings is 2. The van der Waals surface area contributed by atoms with Crippen molar-refractivity contribution in [2.75, 3.05) is 20.1 Å². The zero-order valence-electron chi connectivity index (χ0n) is 14.8. The topological polar surface area (TPSA) is 49.3 Å². The number of aromatic nitrogens is 1. The number of nitrogens with one attached hydrogen (secondary N) is 2. The molecule has 26 heavy (non-hydrogen) atoms. The van der Waals surface area contributed by atoms with Crippen LogP contribution in [-0.4, -0.2) is 31.1 Å². The molecular weight excluding hydrogens is 347 g/mol. The number of hydrogen-bond acceptors (Lipinski definition) is 3. The van der Waals surface area contributed by atoms with Crippen LogP contribution in [0.2, 0.25) is 0 Å². The average molecular weight is 370 g/mol. The lowest BCUT2D eigenvalue weighted by Crippen LogP contribution is -2.38. The third-order valence-electron chi connectivity index (χ3n) is 4.07. The maximum absolute atomic E-state index is 13.6. The molecule has 6 heteroatoms. The molecule has 3 rings (SSSR count). The fourth-order valence-corrected chi connectivity index (χ4v) is 3.72. The van der Waals surface area contributed by atoms with Crippen LogP contribution in [0.3, 0.4) is 0 Å². The second-order valence-corrected chi connectivity index (χ2v) is 7.06. The molecule has 0 aliphatic rings. The van der Waals surface area contributed by atoms with Crippen molar-refractivity contribution in [1.82, 2.24) is 15.6 Å². The monoisotopic (exact) mass is 370 g/mol. The fourth-order valence-electron chi connectivity index (χ4n) is 2.71. The smallest absolute Gasteiger partial charge is 0.190 e. The highest BCUT2D eigenvalue weighted by Gasteiger charge is 2.04. The highest BCUT2D eigenvalue weighted by molar-refractivity contribution is 7.18. The van der Waals surface area contributed by atoms with E-state index in [4.69, 9.17) is 0 Å². The van der Waals surface area contributed by atoms with E-state index >= 15 is 0 Å². The third-order valence-corrected chi connectivity index (χ3v) is 5.16. The normalized spacial score (nSPS) is 11.7. The molecule has 0 fully saturated rings. The summed E-state index contributed by atoms with van der Waals surface area (Å²) in [7, 11) is 1.74. The van der Waals surface area contributed by atoms with E-state index in [-0.39, 0.29) is 5.82 Å². The first kappa shape index (κ1) is 18.3. The number of aryl methyl sites for hydroxylation is 1. The van der Waals surface area contributed by atoms with Gasteiger partial charge in [0, 0.05) is 26.6 Å². The highest BCUT2D eigenvalue weighted by atomic mass is 32.1. The summed E-state index contributed by atoms with van der Waals surface area (Å²) in [6, 6.07) is 15.1. The minimum atomic E-state index is -0.159. The Balaban J connectivity index is 1.38. The number of fused-ring (bicyclic) bond motifs is 1. The van der Waals surface area contributed by atoms with Crippen molar-refractivity contribution in [2.45, 2.75) is 19.3 Å². The molecule has 136 valence electrons. The molecule has 0 radical (unpaired) electrons. The molecule has 0 aliphatic carbocycles. The Labute approximate surface area is 157 Å². The molecule has 0 saturated heterocycles. The van der Waals surface area contributed by atoms with Crippen LogP contribution in [0.5, 0.6) is 0 Å². The number of thiazole rings is 1. The number of halogens is 1. The third kappa shape index (κ3) is 5.02. The summed E-state index contributed by atoms with van der Waals surface area (Å²) in [5.41, 5.74) is 1.79. The summed E-state index contributed by atoms with van der Waals surface area (Å²) in [5.74, 6) is 0.582. The lowest BCUT2D eigenvalue weighted by atomic mass is 10.1. The molecule has 0 atom stereocenters. The van der Waals surface area contributed by atoms with E-state index in [1.165, 1.54) is 10.8 Å². The second-order valence-electron chi connectivity index (χ2n) is 5.95. The number of para-hydroxylation sites is 1. The average Bonchev–Trinajstić information content (AvgIpc) is 3.08. The molecule has 0 saturated carbocycles. The van der Waals surface area contributed by atoms with Crippen molar-refractivity contribution in [3.05, 3.63) is 64.9 Å². The quantitative estimate of drug-likeness (QED) is 0.378. The summed E-state index contributed by atoms with van der Waals surface area (Å²) in [6.07, 6.45) is 2.55. The van der Waals surface area contributed by atoms with Gasteiger partial charge in [-0.25, -0.2) is 9.37 Å². The Morgan fingerprint density at radius 1 is 1.04 bits per heavy atom. The van der Waals surface area contributed by atoms with Gasteiger partial charge in [-0.05, 0) is 36.6 Å². The van der Waals surface area contributed by atoms with E-state index in [1.54, 1.807) is 24.5 Å². The number of hydrogen-bond donors (Lipinski definition) is 2. The predicted octanol–water partition coefficient (Wildman–Crippen LogP) is 3.78. The van der Waals surface area contributed by atoms with Crippen molar-refractivity contribution in [2.24, 2.45) is 4.99 Å². The molecule has 0 aliphatic heterocycles. The van der Waals surface area contributed by atoms with Gasteiger partial charge < -0.3 is 10.6 Å². The molecule has 3 aromatic rings. The number of rotatable bonds is 7. The van der Waals surface area contributed by atoms with Gasteiger partial charge in [0.1, 0.15) is 5.82 Å². The Morgan fingerprint density at radius 2 is 1.81 bits per heavy atom. The molecule has 2 aromatic carbocycles. The van der Waals surface area contributed by atoms with Gasteiger partial charge in [0.25, 0.3) is 0 Å². The van der Waals surface area contributed by atoms with Gasteiger partial charge in [-0.1, -0.05) is 30.3 Å². The standard InChI is InChI=1S/C20H23FN4S/c1-22-20(24-14-12-15-7-2-3-8-16(15)21)23-13-6-11-19-25-17-9-4-5-10-18(17)26-19/h2-5,7-10H,6,11-14H2,1H3,(H2,22,23,24). The molecular formula is C20H23FN4S. The van der Waals surface area contributed by atoms with Crippen LogP contribution in [0.1, 0.15) is 17.0 Å². The Morgan fingerprint density at radius 3 is 2.62 bits per heavy atom. The molecule has 0 amide bonds. The van der Waals surface area contributed by atoms with Crippen molar-refractivity contribution in [3.63, 3.8) is 0 Å². The zero-order chi connectivity index (χ0) is 18.2. The minimum absolute atomic E-state index is 0.159. The van der Waals surface area contributed by atoms with Gasteiger partial charge >= 0.3 is 0 Å². The summed E-state index contributed by atoms with van der Waals surface area (Å²) in [5, 5.41) is 7.68. The summed E-state index contributed by atoms with van der Waals surface area (Å²) in [6.45, 7) is 1.45. The first-order chi connectivity index (χ1) is 12.8. The van der Waals surface area contributed by atoms with Crippen LogP contribution in [0, 0.1) is 5.82 Å². The SMILES string of the molecule is CN=C(NCCCc1nc2ccccc2s1)NCCc1ccccc1F. The molecule has 0 bridgehead atoms. The van der Waals surface area contributed by atoms with Gasteiger partial charge in [0.2, 0.25) is 0 Å². The van der Waals surface area contributed by atoms with E-state index in [0.29, 0.717) is 18.5 Å². The van der Waals surface area contributed by atoms with Gasteiger partial charge in [-0.3, -0.25) is 4.99 Å². The molecule has 1 heterocycles. The van der Waals surface area contributed by atoms with Crippen molar-refractivity contribution in [1.29, 1.82) is 0 Å². The van der Waals surface area contributed by atoms with Gasteiger partial charge in [0.05, 0.1) is 15.2 Å². The Hall–Kier alpha value is -2.47. The van der Waals surface area contributed by atoms with E-state index in [0.717, 1.165) is 35.9 Å². The molecule has 1 aromatic heterocycles. The van der Waals surface area contributed by atoms with Gasteiger partial charge in [0.15, 0.2) is 5.96 Å². The van der Waals surface area contributed by atoms with Gasteiger partial charge in [-0.2, -0.15) is 0 Å². The maximum atomic E-state index is 13.6. The van der Waals surface area contributed by atoms with Crippen LogP contribution in [0.15, 0.2) is 53.5 Å². The first-order valence-corrected chi connectivity index (χ1v) is 9.60. The first-order valence-electron chi connectivity index (χ1n) is 8.78. The van der Waals surface area contributed by atoms with E-state index < -0.39 is 0 Å². The Kier molecular flexibility index (Phi) is 6.55. The van der Waals surface area contributed by atoms with Crippen LogP contribution in [-0.2, 0) is 12.8 Å². The van der Waals surface area contributed by atoms with Crippen LogP contribution < -0.4 is 10.6 Å². The van der Waals surface area contributed by atoms with E-state index in [9.17, 15) is 4.39 Å². The molecule has 4 nitrogen and oxygen atoms in total. The minimum Gasteiger partial charge on any atom is -0.356 e. The Bertz CT molecular complexity index is 842. The highest BCUT2D eigenvalue weighted by Crippen LogP contribution is 2.22. The fraction of sp³-hybridized carbons (Fsp3) is 0.300. The lowest BCUT2D eigenvalue weighted by Gasteiger charge is -2.11. The molecule has 0 unspecified atom stereocenters.